The molecule has 12 nitrogen and oxygen atoms in total. The zero-order chi connectivity index (χ0) is 13.5. The first-order valence-corrected chi connectivity index (χ1v) is 6.00. The van der Waals surface area contributed by atoms with Crippen molar-refractivity contribution >= 4 is 31.2 Å². The Balaban J connectivity index is -0.0000000400. The SMILES string of the molecule is O=S(=O)([O-])[O-].O=S(=O)([O-])[O-].O=S(=O)([O-])[O-].[Er+3].[Y+3]. The van der Waals surface area contributed by atoms with Crippen molar-refractivity contribution in [1.29, 1.82) is 0 Å². The quantitative estimate of drug-likeness (QED) is 0.209. The van der Waals surface area contributed by atoms with E-state index in [4.69, 9.17) is 52.6 Å². The van der Waals surface area contributed by atoms with Gasteiger partial charge in [0.15, 0.2) is 0 Å². The molecule has 0 unspecified atom stereocenters. The number of rotatable bonds is 0. The average molecular weight is 544 g/mol. The molecule has 0 aliphatic heterocycles. The van der Waals surface area contributed by atoms with E-state index in [-0.39, 0.29) is 70.0 Å². The normalized spacial score (nSPS) is 10.2. The average Bonchev–Trinajstić information content (AvgIpc) is 1.41. The summed E-state index contributed by atoms with van der Waals surface area (Å²) in [5.41, 5.74) is 0. The molecule has 0 bridgehead atoms. The van der Waals surface area contributed by atoms with Gasteiger partial charge in [-0.15, -0.1) is 0 Å². The maximum Gasteiger partial charge on any atom is 3.00 e. The van der Waals surface area contributed by atoms with Gasteiger partial charge in [-0.3, -0.25) is 25.3 Å². The van der Waals surface area contributed by atoms with E-state index in [1.165, 1.54) is 0 Å². The van der Waals surface area contributed by atoms with Crippen molar-refractivity contribution in [2.45, 2.75) is 0 Å². The van der Waals surface area contributed by atoms with E-state index in [2.05, 4.69) is 0 Å². The molecule has 0 N–H and O–H groups in total. The predicted octanol–water partition coefficient (Wildman–Crippen LogP) is -4.02. The van der Waals surface area contributed by atoms with Crippen molar-refractivity contribution in [3.63, 3.8) is 0 Å². The van der Waals surface area contributed by atoms with Crippen LogP contribution in [0.3, 0.4) is 0 Å². The van der Waals surface area contributed by atoms with Crippen LogP contribution in [0.25, 0.3) is 0 Å². The van der Waals surface area contributed by atoms with Crippen LogP contribution < -0.4 is 0 Å². The number of hydrogen-bond donors (Lipinski definition) is 0. The van der Waals surface area contributed by atoms with Gasteiger partial charge in [0.25, 0.3) is 0 Å². The standard InChI is InChI=1S/Er.3H2O4S.Y/c;3*1-5(2,3)4;/h;3*(H2,1,2,3,4);/q+3;;;;+3/p-6. The molecule has 0 aromatic carbocycles. The van der Waals surface area contributed by atoms with Crippen LogP contribution in [0.4, 0.5) is 0 Å². The van der Waals surface area contributed by atoms with Gasteiger partial charge in [-0.2, -0.15) is 0 Å². The van der Waals surface area contributed by atoms with Crippen LogP contribution in [0.15, 0.2) is 0 Å². The molecule has 0 spiro atoms. The van der Waals surface area contributed by atoms with Gasteiger partial charge in [-0.25, -0.2) is 0 Å². The maximum absolute atomic E-state index is 8.52. The Morgan fingerprint density at radius 2 is 0.471 bits per heavy atom. The maximum atomic E-state index is 8.52. The van der Waals surface area contributed by atoms with Crippen molar-refractivity contribution in [2.75, 3.05) is 0 Å². The summed E-state index contributed by atoms with van der Waals surface area (Å²) in [7, 11) is -15.5. The molecule has 0 rings (SSSR count). The molecule has 0 atom stereocenters. The molecular weight excluding hydrogens is 544 g/mol. The number of hydrogen-bond acceptors (Lipinski definition) is 12. The van der Waals surface area contributed by atoms with Gasteiger partial charge in [0.05, 0.1) is 0 Å². The van der Waals surface area contributed by atoms with Gasteiger partial charge in [0.1, 0.15) is 0 Å². The Kier molecular flexibility index (Phi) is 23.9. The molecule has 0 aliphatic rings. The van der Waals surface area contributed by atoms with Crippen LogP contribution in [0.5, 0.6) is 0 Å². The van der Waals surface area contributed by atoms with E-state index >= 15 is 0 Å². The predicted molar refractivity (Wildman–Crippen MR) is 31.4 cm³/mol. The molecule has 0 fully saturated rings. The summed E-state index contributed by atoms with van der Waals surface area (Å²) in [6.07, 6.45) is 0. The summed E-state index contributed by atoms with van der Waals surface area (Å²) in [6.45, 7) is 0. The third-order valence-electron chi connectivity index (χ3n) is 0. The third-order valence-corrected chi connectivity index (χ3v) is 0. The molecule has 0 aromatic heterocycles. The van der Waals surface area contributed by atoms with Gasteiger partial charge < -0.3 is 27.3 Å². The summed E-state index contributed by atoms with van der Waals surface area (Å²) in [5.74, 6) is 0. The minimum atomic E-state index is -5.17. The summed E-state index contributed by atoms with van der Waals surface area (Å²) >= 11 is 0. The molecule has 105 valence electrons. The molecule has 0 saturated carbocycles. The largest absolute Gasteiger partial charge is 3.00 e. The van der Waals surface area contributed by atoms with Crippen molar-refractivity contribution in [3.8, 4) is 0 Å². The van der Waals surface area contributed by atoms with Crippen molar-refractivity contribution in [1.82, 2.24) is 0 Å². The minimum absolute atomic E-state index is 0. The van der Waals surface area contributed by atoms with Gasteiger partial charge in [0.2, 0.25) is 0 Å². The van der Waals surface area contributed by atoms with Crippen LogP contribution in [-0.4, -0.2) is 52.6 Å². The molecule has 17 heavy (non-hydrogen) atoms. The zero-order valence-electron chi connectivity index (χ0n) is 6.99. The van der Waals surface area contributed by atoms with Gasteiger partial charge in [-0.05, 0) is 0 Å². The van der Waals surface area contributed by atoms with Crippen molar-refractivity contribution in [3.05, 3.63) is 0 Å². The van der Waals surface area contributed by atoms with Crippen molar-refractivity contribution < 1.29 is 123 Å². The fourth-order valence-electron chi connectivity index (χ4n) is 0. The first-order valence-electron chi connectivity index (χ1n) is 2.00. The monoisotopic (exact) mass is 543 g/mol. The molecule has 0 aliphatic carbocycles. The van der Waals surface area contributed by atoms with E-state index in [0.717, 1.165) is 0 Å². The second kappa shape index (κ2) is 13.0. The topological polar surface area (TPSA) is 241 Å². The smallest absolute Gasteiger partial charge is 0.759 e. The molecule has 0 amide bonds. The molecule has 0 aromatic rings. The third kappa shape index (κ3) is 1190. The Bertz CT molecular complexity index is 343. The summed E-state index contributed by atoms with van der Waals surface area (Å²) < 4.78 is 102. The fraction of sp³-hybridized carbons (Fsp3) is 0. The fourth-order valence-corrected chi connectivity index (χ4v) is 0. The first-order chi connectivity index (χ1) is 6.00. The van der Waals surface area contributed by atoms with Crippen LogP contribution in [0.2, 0.25) is 0 Å². The van der Waals surface area contributed by atoms with E-state index in [9.17, 15) is 0 Å². The zero-order valence-corrected chi connectivity index (χ0v) is 14.1. The van der Waals surface area contributed by atoms with Crippen LogP contribution in [0, 0.1) is 37.3 Å². The summed E-state index contributed by atoms with van der Waals surface area (Å²) in [5, 5.41) is 0. The second-order valence-electron chi connectivity index (χ2n) is 1.22. The van der Waals surface area contributed by atoms with Crippen molar-refractivity contribution in [2.24, 2.45) is 0 Å². The second-order valence-corrected chi connectivity index (χ2v) is 3.67. The Hall–Kier alpha value is 1.96. The molecule has 1 radical (unpaired) electrons. The first kappa shape index (κ1) is 31.4. The summed E-state index contributed by atoms with van der Waals surface area (Å²) in [4.78, 5) is 0. The molecule has 0 saturated heterocycles. The Labute approximate surface area is 151 Å². The van der Waals surface area contributed by atoms with E-state index in [0.29, 0.717) is 0 Å². The molecule has 0 heterocycles. The van der Waals surface area contributed by atoms with Gasteiger partial charge in [0, 0.05) is 31.2 Å². The van der Waals surface area contributed by atoms with E-state index < -0.39 is 31.2 Å². The Morgan fingerprint density at radius 3 is 0.471 bits per heavy atom. The minimum Gasteiger partial charge on any atom is -0.759 e. The van der Waals surface area contributed by atoms with E-state index in [1.807, 2.05) is 0 Å². The van der Waals surface area contributed by atoms with Crippen LogP contribution in [0.1, 0.15) is 0 Å². The summed E-state index contributed by atoms with van der Waals surface area (Å²) in [6, 6.07) is 0. The molecule has 17 heteroatoms. The van der Waals surface area contributed by atoms with E-state index in [1.54, 1.807) is 0 Å². The van der Waals surface area contributed by atoms with Gasteiger partial charge in [-0.1, -0.05) is 0 Å². The Morgan fingerprint density at radius 1 is 0.471 bits per heavy atom. The van der Waals surface area contributed by atoms with Gasteiger partial charge >= 0.3 is 70.0 Å². The van der Waals surface area contributed by atoms with Crippen LogP contribution >= 0.6 is 0 Å². The molecular formula is ErO12S3Y. The van der Waals surface area contributed by atoms with Crippen LogP contribution in [-0.2, 0) is 63.9 Å².